The third-order valence-corrected chi connectivity index (χ3v) is 6.59. The number of likely N-dealkylation sites (N-methyl/N-ethyl adjacent to an activating group) is 1. The van der Waals surface area contributed by atoms with Crippen LogP contribution in [0.3, 0.4) is 0 Å². The first-order chi connectivity index (χ1) is 16.8. The SMILES string of the molecule is CNC(=O)N1C[C@H](NC(=O)[C@H](C)NC)C(=O)N(Cc2c(C)ccc3ccccc23)c2ccccc21. The molecule has 0 aromatic heterocycles. The molecular formula is C27H31N5O3. The van der Waals surface area contributed by atoms with Crippen LogP contribution in [0.25, 0.3) is 10.8 Å². The third-order valence-electron chi connectivity index (χ3n) is 6.59. The number of hydrogen-bond donors (Lipinski definition) is 3. The normalized spacial score (nSPS) is 16.5. The number of urea groups is 1. The van der Waals surface area contributed by atoms with Crippen LogP contribution in [0, 0.1) is 6.92 Å². The largest absolute Gasteiger partial charge is 0.341 e. The fourth-order valence-corrected chi connectivity index (χ4v) is 4.43. The standard InChI is InChI=1S/C27H31N5O3/c1-17-13-14-19-9-5-6-10-20(19)21(17)15-31-23-11-7-8-12-24(23)32(27(35)29-4)16-22(26(31)34)30-25(33)18(2)28-3/h5-14,18,22,28H,15-16H2,1-4H3,(H,29,35)(H,30,33)/t18-,22-/m0/s1. The molecule has 182 valence electrons. The van der Waals surface area contributed by atoms with Crippen LogP contribution in [-0.2, 0) is 16.1 Å². The summed E-state index contributed by atoms with van der Waals surface area (Å²) in [6.07, 6.45) is 0. The maximum Gasteiger partial charge on any atom is 0.321 e. The van der Waals surface area contributed by atoms with Gasteiger partial charge in [0.1, 0.15) is 6.04 Å². The number of carbonyl (C=O) groups excluding carboxylic acids is 3. The van der Waals surface area contributed by atoms with E-state index in [1.807, 2.05) is 49.4 Å². The molecule has 1 aliphatic rings. The molecule has 4 amide bonds. The number of para-hydroxylation sites is 2. The fraction of sp³-hybridized carbons (Fsp3) is 0.296. The van der Waals surface area contributed by atoms with Gasteiger partial charge in [0.05, 0.1) is 30.5 Å². The lowest BCUT2D eigenvalue weighted by atomic mass is 9.99. The van der Waals surface area contributed by atoms with Gasteiger partial charge in [-0.2, -0.15) is 0 Å². The maximum absolute atomic E-state index is 14.0. The number of nitrogens with zero attached hydrogens (tertiary/aromatic N) is 2. The predicted molar refractivity (Wildman–Crippen MR) is 139 cm³/mol. The Balaban J connectivity index is 1.84. The maximum atomic E-state index is 14.0. The molecule has 8 heteroatoms. The van der Waals surface area contributed by atoms with E-state index in [0.29, 0.717) is 17.9 Å². The topological polar surface area (TPSA) is 93.8 Å². The van der Waals surface area contributed by atoms with Gasteiger partial charge in [0, 0.05) is 7.05 Å². The highest BCUT2D eigenvalue weighted by molar-refractivity contribution is 6.08. The number of carbonyl (C=O) groups is 3. The number of fused-ring (bicyclic) bond motifs is 2. The first kappa shape index (κ1) is 24.2. The lowest BCUT2D eigenvalue weighted by Crippen LogP contribution is -2.56. The smallest absolute Gasteiger partial charge is 0.321 e. The van der Waals surface area contributed by atoms with Crippen molar-refractivity contribution >= 4 is 40.0 Å². The van der Waals surface area contributed by atoms with Crippen molar-refractivity contribution in [2.45, 2.75) is 32.5 Å². The van der Waals surface area contributed by atoms with Crippen molar-refractivity contribution in [1.29, 1.82) is 0 Å². The van der Waals surface area contributed by atoms with Crippen molar-refractivity contribution < 1.29 is 14.4 Å². The highest BCUT2D eigenvalue weighted by Gasteiger charge is 2.37. The Morgan fingerprint density at radius 3 is 2.40 bits per heavy atom. The molecule has 3 N–H and O–H groups in total. The number of nitrogens with one attached hydrogen (secondary N) is 3. The molecule has 0 saturated heterocycles. The summed E-state index contributed by atoms with van der Waals surface area (Å²) in [7, 11) is 3.23. The van der Waals surface area contributed by atoms with E-state index < -0.39 is 12.1 Å². The van der Waals surface area contributed by atoms with Crippen molar-refractivity contribution in [3.05, 3.63) is 71.8 Å². The highest BCUT2D eigenvalue weighted by atomic mass is 16.2. The van der Waals surface area contributed by atoms with E-state index in [0.717, 1.165) is 21.9 Å². The molecule has 35 heavy (non-hydrogen) atoms. The van der Waals surface area contributed by atoms with E-state index in [4.69, 9.17) is 0 Å². The van der Waals surface area contributed by atoms with Crippen LogP contribution in [0.2, 0.25) is 0 Å². The van der Waals surface area contributed by atoms with Gasteiger partial charge in [-0.3, -0.25) is 14.5 Å². The van der Waals surface area contributed by atoms with Gasteiger partial charge in [-0.15, -0.1) is 0 Å². The first-order valence-electron chi connectivity index (χ1n) is 11.7. The Hall–Kier alpha value is -3.91. The molecule has 0 bridgehead atoms. The minimum atomic E-state index is -0.918. The summed E-state index contributed by atoms with van der Waals surface area (Å²) in [5, 5.41) is 10.6. The second-order valence-electron chi connectivity index (χ2n) is 8.73. The Labute approximate surface area is 205 Å². The molecule has 0 unspecified atom stereocenters. The molecule has 0 aliphatic carbocycles. The summed E-state index contributed by atoms with van der Waals surface area (Å²) in [6, 6.07) is 17.8. The lowest BCUT2D eigenvalue weighted by Gasteiger charge is -2.27. The van der Waals surface area contributed by atoms with Crippen molar-refractivity contribution in [2.75, 3.05) is 30.4 Å². The summed E-state index contributed by atoms with van der Waals surface area (Å²) in [4.78, 5) is 42.8. The highest BCUT2D eigenvalue weighted by Crippen LogP contribution is 2.35. The van der Waals surface area contributed by atoms with Crippen LogP contribution in [0.4, 0.5) is 16.2 Å². The number of amides is 4. The number of benzene rings is 3. The Morgan fingerprint density at radius 1 is 1.00 bits per heavy atom. The number of aryl methyl sites for hydroxylation is 1. The number of anilines is 2. The van der Waals surface area contributed by atoms with Gasteiger partial charge in [0.15, 0.2) is 0 Å². The van der Waals surface area contributed by atoms with Crippen LogP contribution in [0.1, 0.15) is 18.1 Å². The van der Waals surface area contributed by atoms with E-state index in [1.165, 1.54) is 4.90 Å². The molecule has 0 radical (unpaired) electrons. The summed E-state index contributed by atoms with van der Waals surface area (Å²) in [5.41, 5.74) is 3.31. The van der Waals surface area contributed by atoms with Crippen LogP contribution in [-0.4, -0.2) is 50.6 Å². The van der Waals surface area contributed by atoms with E-state index in [2.05, 4.69) is 34.1 Å². The van der Waals surface area contributed by atoms with Crippen LogP contribution in [0.15, 0.2) is 60.7 Å². The number of hydrogen-bond acceptors (Lipinski definition) is 4. The number of rotatable bonds is 5. The molecule has 1 aliphatic heterocycles. The monoisotopic (exact) mass is 473 g/mol. The predicted octanol–water partition coefficient (Wildman–Crippen LogP) is 2.93. The zero-order chi connectivity index (χ0) is 25.1. The van der Waals surface area contributed by atoms with Crippen molar-refractivity contribution in [3.8, 4) is 0 Å². The molecule has 0 spiro atoms. The molecule has 8 nitrogen and oxygen atoms in total. The Bertz CT molecular complexity index is 1270. The van der Waals surface area contributed by atoms with Crippen LogP contribution in [0.5, 0.6) is 0 Å². The molecule has 3 aromatic carbocycles. The quantitative estimate of drug-likeness (QED) is 0.531. The van der Waals surface area contributed by atoms with Crippen molar-refractivity contribution in [1.82, 2.24) is 16.0 Å². The summed E-state index contributed by atoms with van der Waals surface area (Å²) < 4.78 is 0. The zero-order valence-electron chi connectivity index (χ0n) is 20.5. The van der Waals surface area contributed by atoms with E-state index >= 15 is 0 Å². The average Bonchev–Trinajstić information content (AvgIpc) is 2.99. The molecule has 1 heterocycles. The van der Waals surface area contributed by atoms with Gasteiger partial charge in [-0.25, -0.2) is 4.79 Å². The summed E-state index contributed by atoms with van der Waals surface area (Å²) in [6.45, 7) is 4.07. The third kappa shape index (κ3) is 4.70. The van der Waals surface area contributed by atoms with Crippen molar-refractivity contribution in [3.63, 3.8) is 0 Å². The van der Waals surface area contributed by atoms with Gasteiger partial charge < -0.3 is 20.9 Å². The Kier molecular flexibility index (Phi) is 7.02. The van der Waals surface area contributed by atoms with Crippen molar-refractivity contribution in [2.24, 2.45) is 0 Å². The molecule has 4 rings (SSSR count). The lowest BCUT2D eigenvalue weighted by molar-refractivity contribution is -0.128. The molecular weight excluding hydrogens is 442 g/mol. The molecule has 2 atom stereocenters. The summed E-state index contributed by atoms with van der Waals surface area (Å²) >= 11 is 0. The minimum Gasteiger partial charge on any atom is -0.341 e. The molecule has 0 fully saturated rings. The molecule has 0 saturated carbocycles. The van der Waals surface area contributed by atoms with Crippen LogP contribution >= 0.6 is 0 Å². The van der Waals surface area contributed by atoms with E-state index in [9.17, 15) is 14.4 Å². The summed E-state index contributed by atoms with van der Waals surface area (Å²) in [5.74, 6) is -0.581. The minimum absolute atomic E-state index is 0.0166. The second kappa shape index (κ2) is 10.1. The van der Waals surface area contributed by atoms with Gasteiger partial charge in [-0.1, -0.05) is 48.5 Å². The van der Waals surface area contributed by atoms with E-state index in [-0.39, 0.29) is 24.4 Å². The van der Waals surface area contributed by atoms with Gasteiger partial charge in [-0.05, 0) is 54.9 Å². The molecule has 3 aromatic rings. The van der Waals surface area contributed by atoms with Crippen LogP contribution < -0.4 is 25.8 Å². The fourth-order valence-electron chi connectivity index (χ4n) is 4.43. The van der Waals surface area contributed by atoms with Gasteiger partial charge in [0.2, 0.25) is 5.91 Å². The zero-order valence-corrected chi connectivity index (χ0v) is 20.5. The first-order valence-corrected chi connectivity index (χ1v) is 11.7. The second-order valence-corrected chi connectivity index (χ2v) is 8.73. The Morgan fingerprint density at radius 2 is 1.69 bits per heavy atom. The average molecular weight is 474 g/mol. The van der Waals surface area contributed by atoms with Gasteiger partial charge >= 0.3 is 6.03 Å². The van der Waals surface area contributed by atoms with Gasteiger partial charge in [0.25, 0.3) is 5.91 Å². The van der Waals surface area contributed by atoms with E-state index in [1.54, 1.807) is 25.9 Å².